The first-order chi connectivity index (χ1) is 15.8. The SMILES string of the molecule is C=C/C(O)=C\C=C(/C)CCOc1ccc(CC(OC)C(=O)O)cc1.CC.Cc1ccccc1. The number of hydrogen-bond acceptors (Lipinski definition) is 4. The van der Waals surface area contributed by atoms with Crippen LogP contribution in [0, 0.1) is 6.92 Å². The van der Waals surface area contributed by atoms with Gasteiger partial charge in [-0.2, -0.15) is 0 Å². The monoisotopic (exact) mass is 454 g/mol. The Balaban J connectivity index is 0.000000950. The van der Waals surface area contributed by atoms with Crippen molar-refractivity contribution in [3.63, 3.8) is 0 Å². The molecular formula is C28H38O5. The number of aliphatic hydroxyl groups excluding tert-OH is 1. The van der Waals surface area contributed by atoms with Crippen LogP contribution < -0.4 is 4.74 Å². The van der Waals surface area contributed by atoms with E-state index in [1.807, 2.05) is 69.3 Å². The molecule has 5 nitrogen and oxygen atoms in total. The van der Waals surface area contributed by atoms with Gasteiger partial charge in [0.25, 0.3) is 0 Å². The average molecular weight is 455 g/mol. The maximum Gasteiger partial charge on any atom is 0.333 e. The Labute approximate surface area is 198 Å². The lowest BCUT2D eigenvalue weighted by molar-refractivity contribution is -0.148. The second-order valence-corrected chi connectivity index (χ2v) is 6.97. The molecule has 2 N–H and O–H groups in total. The summed E-state index contributed by atoms with van der Waals surface area (Å²) in [7, 11) is 1.39. The average Bonchev–Trinajstić information content (AvgIpc) is 2.83. The molecule has 0 aromatic heterocycles. The minimum absolute atomic E-state index is 0.126. The first-order valence-electron chi connectivity index (χ1n) is 11.0. The second kappa shape index (κ2) is 18.3. The van der Waals surface area contributed by atoms with Crippen LogP contribution in [0.2, 0.25) is 0 Å². The van der Waals surface area contributed by atoms with Crippen molar-refractivity contribution in [2.75, 3.05) is 13.7 Å². The molecule has 0 saturated carbocycles. The quantitative estimate of drug-likeness (QED) is 0.309. The molecule has 0 heterocycles. The maximum atomic E-state index is 10.9. The fourth-order valence-electron chi connectivity index (χ4n) is 2.45. The molecule has 0 fully saturated rings. The smallest absolute Gasteiger partial charge is 0.333 e. The zero-order valence-electron chi connectivity index (χ0n) is 20.5. The van der Waals surface area contributed by atoms with Gasteiger partial charge in [0.1, 0.15) is 11.5 Å². The number of aliphatic carboxylic acids is 1. The van der Waals surface area contributed by atoms with Gasteiger partial charge >= 0.3 is 5.97 Å². The lowest BCUT2D eigenvalue weighted by atomic mass is 10.1. The van der Waals surface area contributed by atoms with Crippen LogP contribution in [-0.2, 0) is 16.0 Å². The molecule has 0 saturated heterocycles. The van der Waals surface area contributed by atoms with Crippen LogP contribution in [-0.4, -0.2) is 36.0 Å². The summed E-state index contributed by atoms with van der Waals surface area (Å²) in [6, 6.07) is 17.5. The van der Waals surface area contributed by atoms with E-state index >= 15 is 0 Å². The van der Waals surface area contributed by atoms with Crippen LogP contribution in [0.4, 0.5) is 0 Å². The van der Waals surface area contributed by atoms with E-state index in [2.05, 4.69) is 25.6 Å². The molecule has 0 bridgehead atoms. The van der Waals surface area contributed by atoms with E-state index in [0.717, 1.165) is 23.3 Å². The standard InChI is InChI=1S/C19H24O5.C7H8.C2H6/c1-4-16(20)8-5-14(2)11-12-24-17-9-6-15(7-10-17)13-18(23-3)19(21)22;1-7-5-3-2-4-6-7;1-2/h4-10,18,20H,1,11-13H2,2-3H3,(H,21,22);2-6H,1H3;1-2H3/b14-5+,16-8+;;. The first kappa shape index (κ1) is 29.7. The number of allylic oxidation sites excluding steroid dienone is 3. The van der Waals surface area contributed by atoms with Crippen molar-refractivity contribution >= 4 is 5.97 Å². The molecular weight excluding hydrogens is 416 g/mol. The fraction of sp³-hybridized carbons (Fsp3) is 0.321. The topological polar surface area (TPSA) is 76.0 Å². The molecule has 1 atom stereocenters. The van der Waals surface area contributed by atoms with Crippen molar-refractivity contribution in [1.29, 1.82) is 0 Å². The van der Waals surface area contributed by atoms with Crippen LogP contribution >= 0.6 is 0 Å². The molecule has 2 aromatic rings. The Hall–Kier alpha value is -3.31. The van der Waals surface area contributed by atoms with E-state index in [1.165, 1.54) is 18.7 Å². The highest BCUT2D eigenvalue weighted by molar-refractivity contribution is 5.72. The molecule has 0 aliphatic carbocycles. The van der Waals surface area contributed by atoms with Gasteiger partial charge in [0.2, 0.25) is 0 Å². The van der Waals surface area contributed by atoms with E-state index in [1.54, 1.807) is 6.08 Å². The van der Waals surface area contributed by atoms with Crippen LogP contribution in [0.15, 0.2) is 90.7 Å². The third kappa shape index (κ3) is 14.4. The van der Waals surface area contributed by atoms with Gasteiger partial charge in [-0.25, -0.2) is 4.79 Å². The van der Waals surface area contributed by atoms with Crippen molar-refractivity contribution in [3.8, 4) is 5.75 Å². The third-order valence-electron chi connectivity index (χ3n) is 4.36. The van der Waals surface area contributed by atoms with Crippen molar-refractivity contribution in [2.24, 2.45) is 0 Å². The molecule has 2 aromatic carbocycles. The number of methoxy groups -OCH3 is 1. The summed E-state index contributed by atoms with van der Waals surface area (Å²) in [5, 5.41) is 18.2. The van der Waals surface area contributed by atoms with Crippen LogP contribution in [0.3, 0.4) is 0 Å². The lowest BCUT2D eigenvalue weighted by Crippen LogP contribution is -2.24. The van der Waals surface area contributed by atoms with Gasteiger partial charge in [0.05, 0.1) is 6.61 Å². The lowest BCUT2D eigenvalue weighted by Gasteiger charge is -2.11. The first-order valence-corrected chi connectivity index (χ1v) is 11.0. The molecule has 0 spiro atoms. The number of hydrogen-bond donors (Lipinski definition) is 2. The zero-order valence-corrected chi connectivity index (χ0v) is 20.5. The van der Waals surface area contributed by atoms with Crippen molar-refractivity contribution in [1.82, 2.24) is 0 Å². The van der Waals surface area contributed by atoms with E-state index < -0.39 is 12.1 Å². The van der Waals surface area contributed by atoms with E-state index in [4.69, 9.17) is 14.6 Å². The van der Waals surface area contributed by atoms with Crippen LogP contribution in [0.1, 0.15) is 38.3 Å². The van der Waals surface area contributed by atoms with Crippen LogP contribution in [0.5, 0.6) is 5.75 Å². The normalized spacial score (nSPS) is 11.8. The minimum Gasteiger partial charge on any atom is -0.508 e. The fourth-order valence-corrected chi connectivity index (χ4v) is 2.45. The summed E-state index contributed by atoms with van der Waals surface area (Å²) in [4.78, 5) is 10.9. The molecule has 5 heteroatoms. The second-order valence-electron chi connectivity index (χ2n) is 6.97. The summed E-state index contributed by atoms with van der Waals surface area (Å²) in [5.41, 5.74) is 3.27. The maximum absolute atomic E-state index is 10.9. The largest absolute Gasteiger partial charge is 0.508 e. The van der Waals surface area contributed by atoms with Gasteiger partial charge in [0, 0.05) is 20.0 Å². The highest BCUT2D eigenvalue weighted by atomic mass is 16.5. The highest BCUT2D eigenvalue weighted by Gasteiger charge is 2.16. The zero-order chi connectivity index (χ0) is 25.1. The van der Waals surface area contributed by atoms with Gasteiger partial charge in [0.15, 0.2) is 6.10 Å². The van der Waals surface area contributed by atoms with Crippen molar-refractivity contribution < 1.29 is 24.5 Å². The number of aryl methyl sites for hydroxylation is 1. The Kier molecular flexibility index (Phi) is 16.4. The number of benzene rings is 2. The van der Waals surface area contributed by atoms with Gasteiger partial charge in [-0.15, -0.1) is 0 Å². The Bertz CT molecular complexity index is 852. The summed E-state index contributed by atoms with van der Waals surface area (Å²) in [5.74, 6) is -0.126. The predicted molar refractivity (Wildman–Crippen MR) is 136 cm³/mol. The molecule has 1 unspecified atom stereocenters. The number of carbonyl (C=O) groups is 1. The van der Waals surface area contributed by atoms with Gasteiger partial charge in [-0.3, -0.25) is 0 Å². The Morgan fingerprint density at radius 1 is 1.03 bits per heavy atom. The molecule has 33 heavy (non-hydrogen) atoms. The van der Waals surface area contributed by atoms with Crippen molar-refractivity contribution in [3.05, 3.63) is 102 Å². The number of carboxylic acid groups (broad SMARTS) is 1. The van der Waals surface area contributed by atoms with E-state index in [0.29, 0.717) is 13.0 Å². The summed E-state index contributed by atoms with van der Waals surface area (Å²) < 4.78 is 10.6. The molecule has 0 aliphatic rings. The van der Waals surface area contributed by atoms with E-state index in [-0.39, 0.29) is 5.76 Å². The van der Waals surface area contributed by atoms with Gasteiger partial charge in [-0.1, -0.05) is 80.1 Å². The molecule has 2 rings (SSSR count). The van der Waals surface area contributed by atoms with Gasteiger partial charge in [-0.05, 0) is 43.7 Å². The summed E-state index contributed by atoms with van der Waals surface area (Å²) >= 11 is 0. The molecule has 0 aliphatic heterocycles. The van der Waals surface area contributed by atoms with Crippen LogP contribution in [0.25, 0.3) is 0 Å². The van der Waals surface area contributed by atoms with Gasteiger partial charge < -0.3 is 19.7 Å². The number of aliphatic hydroxyl groups is 1. The Morgan fingerprint density at radius 2 is 1.64 bits per heavy atom. The predicted octanol–water partition coefficient (Wildman–Crippen LogP) is 6.69. The summed E-state index contributed by atoms with van der Waals surface area (Å²) in [6.45, 7) is 12.0. The molecule has 0 amide bonds. The van der Waals surface area contributed by atoms with Crippen molar-refractivity contribution in [2.45, 2.75) is 46.6 Å². The summed E-state index contributed by atoms with van der Waals surface area (Å²) in [6.07, 6.45) is 4.98. The number of rotatable bonds is 10. The Morgan fingerprint density at radius 3 is 2.09 bits per heavy atom. The number of ether oxygens (including phenoxy) is 2. The van der Waals surface area contributed by atoms with E-state index in [9.17, 15) is 9.90 Å². The minimum atomic E-state index is -0.975. The molecule has 0 radical (unpaired) electrons. The molecule has 180 valence electrons. The number of carboxylic acids is 1. The highest BCUT2D eigenvalue weighted by Crippen LogP contribution is 2.15. The third-order valence-corrected chi connectivity index (χ3v) is 4.36.